The number of rotatable bonds is 16. The Kier molecular flexibility index (Phi) is 16.4. The molecule has 0 aliphatic rings. The monoisotopic (exact) mass is 284 g/mol. The average Bonchev–Trinajstić information content (AvgIpc) is 2.45. The largest absolute Gasteiger partial charge is 0.247 e. The molecule has 0 heterocycles. The van der Waals surface area contributed by atoms with Crippen LogP contribution in [-0.2, 0) is 0 Å². The van der Waals surface area contributed by atoms with Gasteiger partial charge in [0.2, 0.25) is 0 Å². The van der Waals surface area contributed by atoms with Crippen molar-refractivity contribution in [3.05, 3.63) is 12.7 Å². The molecule has 1 unspecified atom stereocenters. The van der Waals surface area contributed by atoms with E-state index in [2.05, 4.69) is 13.5 Å². The van der Waals surface area contributed by atoms with Gasteiger partial charge in [0.25, 0.3) is 0 Å². The van der Waals surface area contributed by atoms with Crippen LogP contribution in [0.2, 0.25) is 0 Å². The molecular weight excluding hydrogens is 247 g/mol. The lowest BCUT2D eigenvalue weighted by Gasteiger charge is -2.08. The van der Waals surface area contributed by atoms with E-state index in [1.165, 1.54) is 64.2 Å². The molecule has 0 rings (SSSR count). The zero-order valence-electron chi connectivity index (χ0n) is 13.8. The van der Waals surface area contributed by atoms with E-state index >= 15 is 0 Å². The summed E-state index contributed by atoms with van der Waals surface area (Å²) < 4.78 is 13.6. The molecule has 0 aliphatic heterocycles. The Morgan fingerprint density at radius 3 is 1.70 bits per heavy atom. The van der Waals surface area contributed by atoms with E-state index in [9.17, 15) is 4.39 Å². The van der Waals surface area contributed by atoms with Gasteiger partial charge in [-0.1, -0.05) is 83.6 Å². The molecule has 0 N–H and O–H groups in total. The van der Waals surface area contributed by atoms with Crippen LogP contribution in [0.25, 0.3) is 0 Å². The summed E-state index contributed by atoms with van der Waals surface area (Å²) in [5.41, 5.74) is 0. The Morgan fingerprint density at radius 2 is 1.20 bits per heavy atom. The first kappa shape index (κ1) is 19.7. The third-order valence-electron chi connectivity index (χ3n) is 4.05. The van der Waals surface area contributed by atoms with Gasteiger partial charge in [0, 0.05) is 0 Å². The topological polar surface area (TPSA) is 0 Å². The summed E-state index contributed by atoms with van der Waals surface area (Å²) in [7, 11) is 0. The maximum absolute atomic E-state index is 13.6. The summed E-state index contributed by atoms with van der Waals surface area (Å²) in [5.74, 6) is 0. The van der Waals surface area contributed by atoms with Gasteiger partial charge in [-0.25, -0.2) is 4.39 Å². The minimum absolute atomic E-state index is 0.543. The van der Waals surface area contributed by atoms with Gasteiger partial charge in [-0.05, 0) is 25.7 Å². The summed E-state index contributed by atoms with van der Waals surface area (Å²) in [6, 6.07) is 0. The van der Waals surface area contributed by atoms with Crippen LogP contribution in [0.3, 0.4) is 0 Å². The fraction of sp³-hybridized carbons (Fsp3) is 0.895. The van der Waals surface area contributed by atoms with E-state index < -0.39 is 6.17 Å². The van der Waals surface area contributed by atoms with Gasteiger partial charge in [-0.3, -0.25) is 0 Å². The standard InChI is InChI=1S/C19H37F/c1-3-5-7-9-11-13-15-17-19(20)18-16-14-12-10-8-6-4-2/h3,19H,1,4-18H2,2H3. The van der Waals surface area contributed by atoms with Crippen LogP contribution >= 0.6 is 0 Å². The molecule has 0 bridgehead atoms. The maximum Gasteiger partial charge on any atom is 0.100 e. The van der Waals surface area contributed by atoms with Gasteiger partial charge in [0.1, 0.15) is 6.17 Å². The van der Waals surface area contributed by atoms with Crippen LogP contribution in [0, 0.1) is 0 Å². The lowest BCUT2D eigenvalue weighted by molar-refractivity contribution is 0.279. The van der Waals surface area contributed by atoms with Crippen molar-refractivity contribution in [1.82, 2.24) is 0 Å². The number of halogens is 1. The van der Waals surface area contributed by atoms with E-state index in [1.807, 2.05) is 6.08 Å². The molecule has 1 heteroatoms. The van der Waals surface area contributed by atoms with E-state index in [4.69, 9.17) is 0 Å². The van der Waals surface area contributed by atoms with E-state index in [0.29, 0.717) is 0 Å². The second-order valence-electron chi connectivity index (χ2n) is 6.14. The Balaban J connectivity index is 3.12. The number of hydrogen-bond acceptors (Lipinski definition) is 0. The molecule has 1 atom stereocenters. The summed E-state index contributed by atoms with van der Waals surface area (Å²) in [4.78, 5) is 0. The fourth-order valence-corrected chi connectivity index (χ4v) is 2.65. The number of alkyl halides is 1. The summed E-state index contributed by atoms with van der Waals surface area (Å²) >= 11 is 0. The second-order valence-corrected chi connectivity index (χ2v) is 6.14. The van der Waals surface area contributed by atoms with Gasteiger partial charge in [0.15, 0.2) is 0 Å². The summed E-state index contributed by atoms with van der Waals surface area (Å²) in [6.45, 7) is 5.97. The molecule has 0 saturated heterocycles. The molecule has 0 spiro atoms. The molecule has 120 valence electrons. The zero-order chi connectivity index (χ0) is 14.9. The van der Waals surface area contributed by atoms with Gasteiger partial charge >= 0.3 is 0 Å². The zero-order valence-corrected chi connectivity index (χ0v) is 13.8. The van der Waals surface area contributed by atoms with Gasteiger partial charge in [-0.15, -0.1) is 6.58 Å². The predicted octanol–water partition coefficient (Wildman–Crippen LogP) is 7.38. The molecule has 0 aromatic heterocycles. The van der Waals surface area contributed by atoms with Gasteiger partial charge in [-0.2, -0.15) is 0 Å². The van der Waals surface area contributed by atoms with Gasteiger partial charge < -0.3 is 0 Å². The molecule has 0 aromatic carbocycles. The normalized spacial score (nSPS) is 12.5. The number of allylic oxidation sites excluding steroid dienone is 1. The molecule has 0 aromatic rings. The lowest BCUT2D eigenvalue weighted by Crippen LogP contribution is -2.00. The number of hydrogen-bond donors (Lipinski definition) is 0. The van der Waals surface area contributed by atoms with Gasteiger partial charge in [0.05, 0.1) is 0 Å². The first-order valence-electron chi connectivity index (χ1n) is 9.06. The maximum atomic E-state index is 13.6. The van der Waals surface area contributed by atoms with Crippen molar-refractivity contribution in [3.63, 3.8) is 0 Å². The molecule has 0 radical (unpaired) electrons. The molecule has 0 fully saturated rings. The van der Waals surface area contributed by atoms with Crippen LogP contribution in [0.5, 0.6) is 0 Å². The van der Waals surface area contributed by atoms with Crippen LogP contribution in [0.15, 0.2) is 12.7 Å². The quantitative estimate of drug-likeness (QED) is 0.205. The van der Waals surface area contributed by atoms with Crippen LogP contribution < -0.4 is 0 Å². The Morgan fingerprint density at radius 1 is 0.750 bits per heavy atom. The molecular formula is C19H37F. The Hall–Kier alpha value is -0.330. The minimum atomic E-state index is -0.543. The highest BCUT2D eigenvalue weighted by Crippen LogP contribution is 2.16. The van der Waals surface area contributed by atoms with E-state index in [1.54, 1.807) is 0 Å². The fourth-order valence-electron chi connectivity index (χ4n) is 2.65. The highest BCUT2D eigenvalue weighted by molar-refractivity contribution is 4.65. The third-order valence-corrected chi connectivity index (χ3v) is 4.05. The van der Waals surface area contributed by atoms with Crippen LogP contribution in [-0.4, -0.2) is 6.17 Å². The SMILES string of the molecule is C=CCCCCCCCC(F)CCCCCCCCC. The highest BCUT2D eigenvalue weighted by Gasteiger charge is 2.05. The van der Waals surface area contributed by atoms with Crippen molar-refractivity contribution in [2.45, 2.75) is 109 Å². The van der Waals surface area contributed by atoms with E-state index in [-0.39, 0.29) is 0 Å². The summed E-state index contributed by atoms with van der Waals surface area (Å²) in [5, 5.41) is 0. The highest BCUT2D eigenvalue weighted by atomic mass is 19.1. The third kappa shape index (κ3) is 15.7. The van der Waals surface area contributed by atoms with Crippen molar-refractivity contribution < 1.29 is 4.39 Å². The van der Waals surface area contributed by atoms with Crippen LogP contribution in [0.1, 0.15) is 103 Å². The second kappa shape index (κ2) is 16.7. The van der Waals surface area contributed by atoms with Crippen molar-refractivity contribution >= 4 is 0 Å². The molecule has 20 heavy (non-hydrogen) atoms. The Bertz CT molecular complexity index is 188. The lowest BCUT2D eigenvalue weighted by atomic mass is 10.0. The molecule has 0 nitrogen and oxygen atoms in total. The molecule has 0 aliphatic carbocycles. The number of unbranched alkanes of at least 4 members (excludes halogenated alkanes) is 11. The van der Waals surface area contributed by atoms with E-state index in [0.717, 1.165) is 32.1 Å². The van der Waals surface area contributed by atoms with Crippen molar-refractivity contribution in [1.29, 1.82) is 0 Å². The first-order chi connectivity index (χ1) is 9.81. The molecule has 0 saturated carbocycles. The summed E-state index contributed by atoms with van der Waals surface area (Å²) in [6.07, 6.45) is 19.2. The minimum Gasteiger partial charge on any atom is -0.247 e. The predicted molar refractivity (Wildman–Crippen MR) is 90.0 cm³/mol. The van der Waals surface area contributed by atoms with Crippen molar-refractivity contribution in [3.8, 4) is 0 Å². The van der Waals surface area contributed by atoms with Crippen molar-refractivity contribution in [2.24, 2.45) is 0 Å². The van der Waals surface area contributed by atoms with Crippen LogP contribution in [0.4, 0.5) is 4.39 Å². The molecule has 0 amide bonds. The smallest absolute Gasteiger partial charge is 0.100 e. The average molecular weight is 285 g/mol. The Labute approximate surface area is 127 Å². The first-order valence-corrected chi connectivity index (χ1v) is 9.06. The van der Waals surface area contributed by atoms with Crippen molar-refractivity contribution in [2.75, 3.05) is 0 Å².